The maximum absolute atomic E-state index is 12.9. The van der Waals surface area contributed by atoms with E-state index >= 15 is 0 Å². The molecular formula is C18H14ClN7O3. The van der Waals surface area contributed by atoms with Gasteiger partial charge in [0.05, 0.1) is 22.5 Å². The highest BCUT2D eigenvalue weighted by Gasteiger charge is 2.41. The van der Waals surface area contributed by atoms with E-state index in [0.29, 0.717) is 36.1 Å². The summed E-state index contributed by atoms with van der Waals surface area (Å²) in [6, 6.07) is 6.31. The number of nitro groups is 1. The van der Waals surface area contributed by atoms with Gasteiger partial charge in [0.25, 0.3) is 5.69 Å². The molecule has 1 atom stereocenters. The van der Waals surface area contributed by atoms with Crippen LogP contribution in [-0.4, -0.2) is 25.9 Å². The Morgan fingerprint density at radius 2 is 2.21 bits per heavy atom. The van der Waals surface area contributed by atoms with Gasteiger partial charge in [-0.05, 0) is 24.5 Å². The molecule has 0 saturated carbocycles. The highest BCUT2D eigenvalue weighted by Crippen LogP contribution is 2.46. The van der Waals surface area contributed by atoms with Crippen LogP contribution in [0.4, 0.5) is 11.6 Å². The Labute approximate surface area is 169 Å². The van der Waals surface area contributed by atoms with Gasteiger partial charge in [0, 0.05) is 23.8 Å². The number of hydrogen-bond acceptors (Lipinski definition) is 8. The molecule has 4 rings (SSSR count). The number of carbonyl (C=O) groups excluding carboxylic acids is 1. The molecule has 3 N–H and O–H groups in total. The van der Waals surface area contributed by atoms with Crippen molar-refractivity contribution in [3.63, 3.8) is 0 Å². The van der Waals surface area contributed by atoms with Gasteiger partial charge in [-0.1, -0.05) is 17.7 Å². The largest absolute Gasteiger partial charge is 0.384 e. The molecule has 1 unspecified atom stereocenters. The lowest BCUT2D eigenvalue weighted by Crippen LogP contribution is -2.39. The summed E-state index contributed by atoms with van der Waals surface area (Å²) in [6.45, 7) is 0. The van der Waals surface area contributed by atoms with Gasteiger partial charge in [-0.3, -0.25) is 19.8 Å². The van der Waals surface area contributed by atoms with Gasteiger partial charge in [-0.15, -0.1) is 0 Å². The summed E-state index contributed by atoms with van der Waals surface area (Å²) in [7, 11) is 0. The zero-order valence-electron chi connectivity index (χ0n) is 14.9. The molecule has 10 nitrogen and oxygen atoms in total. The van der Waals surface area contributed by atoms with E-state index in [1.807, 2.05) is 0 Å². The molecule has 0 spiro atoms. The Kier molecular flexibility index (Phi) is 4.52. The number of aromatic nitrogens is 3. The lowest BCUT2D eigenvalue weighted by molar-refractivity contribution is -0.384. The number of nitriles is 1. The van der Waals surface area contributed by atoms with Crippen LogP contribution in [-0.2, 0) is 4.79 Å². The standard InChI is InChI=1S/C18H14ClN7O3/c19-11-5-4-9(6-13(11)26(28)29)15-10(7-20)17(21)25(18-22-8-23-24-18)12-2-1-3-14(27)16(12)15/h4-6,8,15H,1-3,21H2,(H,22,23,24). The first-order valence-electron chi connectivity index (χ1n) is 8.69. The molecular weight excluding hydrogens is 398 g/mol. The van der Waals surface area contributed by atoms with Crippen LogP contribution >= 0.6 is 11.6 Å². The fraction of sp³-hybridized carbons (Fsp3) is 0.222. The monoisotopic (exact) mass is 411 g/mol. The highest BCUT2D eigenvalue weighted by molar-refractivity contribution is 6.32. The molecule has 0 bridgehead atoms. The third-order valence-corrected chi connectivity index (χ3v) is 5.35. The molecule has 0 fully saturated rings. The molecule has 2 aliphatic rings. The topological polar surface area (TPSA) is 155 Å². The molecule has 1 aromatic carbocycles. The molecule has 29 heavy (non-hydrogen) atoms. The van der Waals surface area contributed by atoms with Gasteiger partial charge in [0.15, 0.2) is 5.78 Å². The molecule has 0 saturated heterocycles. The number of rotatable bonds is 3. The Morgan fingerprint density at radius 3 is 2.86 bits per heavy atom. The number of carbonyl (C=O) groups is 1. The van der Waals surface area contributed by atoms with Gasteiger partial charge in [-0.2, -0.15) is 15.3 Å². The second-order valence-corrected chi connectivity index (χ2v) is 7.00. The quantitative estimate of drug-likeness (QED) is 0.576. The number of nitro benzene ring substituents is 1. The van der Waals surface area contributed by atoms with Crippen LogP contribution in [0.15, 0.2) is 47.2 Å². The van der Waals surface area contributed by atoms with Gasteiger partial charge in [0.1, 0.15) is 17.2 Å². The Morgan fingerprint density at radius 1 is 1.41 bits per heavy atom. The van der Waals surface area contributed by atoms with E-state index in [1.54, 1.807) is 6.07 Å². The number of hydrogen-bond donors (Lipinski definition) is 2. The van der Waals surface area contributed by atoms with Crippen molar-refractivity contribution < 1.29 is 9.72 Å². The number of benzene rings is 1. The summed E-state index contributed by atoms with van der Waals surface area (Å²) in [5, 5.41) is 27.7. The molecule has 11 heteroatoms. The summed E-state index contributed by atoms with van der Waals surface area (Å²) in [4.78, 5) is 29.3. The SMILES string of the molecule is N#CC1=C(N)N(c2ncn[nH]2)C2=C(C(=O)CCC2)C1c1ccc(Cl)c([N+](=O)[O-])c1. The summed E-state index contributed by atoms with van der Waals surface area (Å²) >= 11 is 5.94. The lowest BCUT2D eigenvalue weighted by Gasteiger charge is -2.38. The van der Waals surface area contributed by atoms with Crippen molar-refractivity contribution >= 4 is 29.0 Å². The van der Waals surface area contributed by atoms with Crippen LogP contribution in [0.1, 0.15) is 30.7 Å². The van der Waals surface area contributed by atoms with E-state index in [4.69, 9.17) is 17.3 Å². The van der Waals surface area contributed by atoms with Crippen molar-refractivity contribution in [2.75, 3.05) is 4.90 Å². The number of nitrogens with zero attached hydrogens (tertiary/aromatic N) is 5. The third kappa shape index (κ3) is 2.92. The van der Waals surface area contributed by atoms with Gasteiger partial charge in [0.2, 0.25) is 5.95 Å². The first kappa shape index (κ1) is 18.6. The fourth-order valence-corrected chi connectivity index (χ4v) is 4.00. The third-order valence-electron chi connectivity index (χ3n) is 5.03. The Hall–Kier alpha value is -3.71. The maximum Gasteiger partial charge on any atom is 0.288 e. The number of aromatic amines is 1. The minimum Gasteiger partial charge on any atom is -0.384 e. The molecule has 1 aliphatic heterocycles. The summed E-state index contributed by atoms with van der Waals surface area (Å²) in [5.74, 6) is -0.574. The number of nitrogens with one attached hydrogen (secondary N) is 1. The Bertz CT molecular complexity index is 1130. The van der Waals surface area contributed by atoms with Gasteiger partial charge in [-0.25, -0.2) is 5.10 Å². The molecule has 0 amide bonds. The van der Waals surface area contributed by atoms with Crippen molar-refractivity contribution in [2.24, 2.45) is 5.73 Å². The molecule has 1 aliphatic carbocycles. The van der Waals surface area contributed by atoms with Gasteiger partial charge < -0.3 is 5.73 Å². The highest BCUT2D eigenvalue weighted by atomic mass is 35.5. The normalized spacial score (nSPS) is 19.2. The smallest absolute Gasteiger partial charge is 0.288 e. The van der Waals surface area contributed by atoms with Crippen molar-refractivity contribution in [3.8, 4) is 6.07 Å². The molecule has 1 aromatic heterocycles. The van der Waals surface area contributed by atoms with Crippen LogP contribution in [0.2, 0.25) is 5.02 Å². The Balaban J connectivity index is 1.97. The molecule has 0 radical (unpaired) electrons. The first-order valence-corrected chi connectivity index (χ1v) is 9.07. The minimum absolute atomic E-state index is 0.0301. The molecule has 146 valence electrons. The van der Waals surface area contributed by atoms with E-state index in [9.17, 15) is 20.2 Å². The van der Waals surface area contributed by atoms with E-state index in [0.717, 1.165) is 0 Å². The van der Waals surface area contributed by atoms with E-state index in [1.165, 1.54) is 23.4 Å². The van der Waals surface area contributed by atoms with E-state index in [-0.39, 0.29) is 33.8 Å². The van der Waals surface area contributed by atoms with Crippen molar-refractivity contribution in [2.45, 2.75) is 25.2 Å². The number of ketones is 1. The van der Waals surface area contributed by atoms with Crippen molar-refractivity contribution in [3.05, 3.63) is 67.9 Å². The van der Waals surface area contributed by atoms with Gasteiger partial charge >= 0.3 is 0 Å². The van der Waals surface area contributed by atoms with Crippen LogP contribution < -0.4 is 10.6 Å². The minimum atomic E-state index is -0.821. The predicted molar refractivity (Wildman–Crippen MR) is 102 cm³/mol. The maximum atomic E-state index is 12.9. The van der Waals surface area contributed by atoms with Crippen LogP contribution in [0, 0.1) is 21.4 Å². The van der Waals surface area contributed by atoms with Crippen LogP contribution in [0.25, 0.3) is 0 Å². The number of anilines is 1. The van der Waals surface area contributed by atoms with E-state index < -0.39 is 10.8 Å². The zero-order chi connectivity index (χ0) is 20.7. The van der Waals surface area contributed by atoms with Crippen LogP contribution in [0.5, 0.6) is 0 Å². The predicted octanol–water partition coefficient (Wildman–Crippen LogP) is 2.67. The number of allylic oxidation sites excluding steroid dienone is 3. The number of nitrogens with two attached hydrogens (primary N) is 1. The summed E-state index contributed by atoms with van der Waals surface area (Å²) < 4.78 is 0. The van der Waals surface area contributed by atoms with Crippen molar-refractivity contribution in [1.29, 1.82) is 5.26 Å². The lowest BCUT2D eigenvalue weighted by atomic mass is 9.75. The van der Waals surface area contributed by atoms with Crippen LogP contribution in [0.3, 0.4) is 0 Å². The first-order chi connectivity index (χ1) is 13.9. The fourth-order valence-electron chi connectivity index (χ4n) is 3.82. The zero-order valence-corrected chi connectivity index (χ0v) is 15.7. The second kappa shape index (κ2) is 7.03. The summed E-state index contributed by atoms with van der Waals surface area (Å²) in [6.07, 6.45) is 2.76. The average molecular weight is 412 g/mol. The average Bonchev–Trinajstić information content (AvgIpc) is 3.21. The second-order valence-electron chi connectivity index (χ2n) is 6.59. The van der Waals surface area contributed by atoms with Crippen molar-refractivity contribution in [1.82, 2.24) is 15.2 Å². The molecule has 2 aromatic rings. The number of halogens is 1. The molecule has 2 heterocycles. The number of Topliss-reactive ketones (excluding diaryl/α,β-unsaturated/α-hetero) is 1. The summed E-state index contributed by atoms with van der Waals surface area (Å²) in [5.41, 5.74) is 7.52. The van der Waals surface area contributed by atoms with E-state index in [2.05, 4.69) is 21.3 Å². The number of H-pyrrole nitrogens is 1.